The summed E-state index contributed by atoms with van der Waals surface area (Å²) < 4.78 is 31.1. The van der Waals surface area contributed by atoms with Crippen molar-refractivity contribution in [2.24, 2.45) is 0 Å². The predicted molar refractivity (Wildman–Crippen MR) is 136 cm³/mol. The minimum absolute atomic E-state index is 0.204. The second kappa shape index (κ2) is 13.3. The minimum atomic E-state index is -0.559. The molecule has 0 aromatic heterocycles. The van der Waals surface area contributed by atoms with Gasteiger partial charge in [0.15, 0.2) is 0 Å². The standard InChI is InChI=1S/C29H38FNO3/c1-7-31(19-12-8-11-18-28(2,3)32-6)21-24-14-13-16-26(20-24)33-23-29(4,5)34-22-25-15-9-10-17-27(25)30/h8-10,12-17,20H,7,19,21-23H2,1-6H3/b12-8+. The molecule has 0 aliphatic heterocycles. The number of hydrogen-bond donors (Lipinski definition) is 0. The molecule has 5 heteroatoms. The Morgan fingerprint density at radius 2 is 1.82 bits per heavy atom. The van der Waals surface area contributed by atoms with E-state index in [0.717, 1.165) is 25.4 Å². The van der Waals surface area contributed by atoms with E-state index in [1.807, 2.05) is 52.0 Å². The molecule has 0 bridgehead atoms. The van der Waals surface area contributed by atoms with E-state index in [2.05, 4.69) is 41.9 Å². The van der Waals surface area contributed by atoms with Crippen molar-refractivity contribution < 1.29 is 18.6 Å². The Balaban J connectivity index is 1.87. The predicted octanol–water partition coefficient (Wildman–Crippen LogP) is 6.01. The number of halogens is 1. The summed E-state index contributed by atoms with van der Waals surface area (Å²) in [5, 5.41) is 0. The summed E-state index contributed by atoms with van der Waals surface area (Å²) in [6, 6.07) is 14.8. The zero-order valence-corrected chi connectivity index (χ0v) is 21.4. The van der Waals surface area contributed by atoms with Crippen molar-refractivity contribution in [2.45, 2.75) is 59.0 Å². The normalized spacial score (nSPS) is 12.1. The summed E-state index contributed by atoms with van der Waals surface area (Å²) in [7, 11) is 1.66. The number of benzene rings is 2. The van der Waals surface area contributed by atoms with Gasteiger partial charge < -0.3 is 14.2 Å². The second-order valence-electron chi connectivity index (χ2n) is 9.29. The molecule has 2 aromatic carbocycles. The lowest BCUT2D eigenvalue weighted by molar-refractivity contribution is -0.0578. The molecule has 2 rings (SSSR count). The number of hydrogen-bond acceptors (Lipinski definition) is 4. The van der Waals surface area contributed by atoms with E-state index in [0.29, 0.717) is 12.2 Å². The molecule has 184 valence electrons. The van der Waals surface area contributed by atoms with Gasteiger partial charge in [0.05, 0.1) is 12.2 Å². The van der Waals surface area contributed by atoms with Crippen LogP contribution in [0.1, 0.15) is 45.7 Å². The lowest BCUT2D eigenvalue weighted by atomic mass is 10.1. The second-order valence-corrected chi connectivity index (χ2v) is 9.29. The molecule has 0 saturated heterocycles. The Bertz CT molecular complexity index is 988. The number of allylic oxidation sites excluding steroid dienone is 1. The van der Waals surface area contributed by atoms with E-state index in [4.69, 9.17) is 14.2 Å². The summed E-state index contributed by atoms with van der Waals surface area (Å²) in [4.78, 5) is 2.32. The van der Waals surface area contributed by atoms with Gasteiger partial charge in [-0.15, -0.1) is 0 Å². The Morgan fingerprint density at radius 3 is 2.53 bits per heavy atom. The smallest absolute Gasteiger partial charge is 0.128 e. The molecule has 0 amide bonds. The Kier molecular flexibility index (Phi) is 10.8. The van der Waals surface area contributed by atoms with Crippen LogP contribution >= 0.6 is 0 Å². The Morgan fingerprint density at radius 1 is 1.06 bits per heavy atom. The third-order valence-electron chi connectivity index (χ3n) is 5.36. The maximum Gasteiger partial charge on any atom is 0.128 e. The fourth-order valence-corrected chi connectivity index (χ4v) is 3.01. The average molecular weight is 468 g/mol. The fraction of sp³-hybridized carbons (Fsp3) is 0.448. The molecule has 34 heavy (non-hydrogen) atoms. The van der Waals surface area contributed by atoms with Crippen LogP contribution in [0.15, 0.2) is 60.7 Å². The average Bonchev–Trinajstić information content (AvgIpc) is 2.81. The van der Waals surface area contributed by atoms with Crippen LogP contribution in [0, 0.1) is 17.7 Å². The van der Waals surface area contributed by atoms with E-state index < -0.39 is 11.2 Å². The molecular weight excluding hydrogens is 429 g/mol. The van der Waals surface area contributed by atoms with Crippen molar-refractivity contribution in [3.63, 3.8) is 0 Å². The number of rotatable bonds is 12. The highest BCUT2D eigenvalue weighted by molar-refractivity contribution is 5.29. The van der Waals surface area contributed by atoms with Crippen molar-refractivity contribution in [2.75, 3.05) is 26.8 Å². The van der Waals surface area contributed by atoms with Gasteiger partial charge in [-0.1, -0.05) is 55.2 Å². The van der Waals surface area contributed by atoms with E-state index >= 15 is 0 Å². The Hall–Kier alpha value is -2.65. The third-order valence-corrected chi connectivity index (χ3v) is 5.36. The first-order valence-corrected chi connectivity index (χ1v) is 11.7. The zero-order valence-electron chi connectivity index (χ0n) is 21.4. The number of likely N-dealkylation sites (N-methyl/N-ethyl adjacent to an activating group) is 1. The van der Waals surface area contributed by atoms with Gasteiger partial charge in [0, 0.05) is 25.8 Å². The van der Waals surface area contributed by atoms with Crippen LogP contribution in [-0.2, 0) is 22.6 Å². The molecule has 0 aliphatic rings. The molecular formula is C29H38FNO3. The molecule has 0 heterocycles. The lowest BCUT2D eigenvalue weighted by Crippen LogP contribution is -2.32. The van der Waals surface area contributed by atoms with Gasteiger partial charge in [-0.2, -0.15) is 0 Å². The highest BCUT2D eigenvalue weighted by Crippen LogP contribution is 2.20. The number of ether oxygens (including phenoxy) is 3. The van der Waals surface area contributed by atoms with Crippen LogP contribution in [-0.4, -0.2) is 42.9 Å². The van der Waals surface area contributed by atoms with Crippen molar-refractivity contribution in [1.29, 1.82) is 0 Å². The molecule has 4 nitrogen and oxygen atoms in total. The summed E-state index contributed by atoms with van der Waals surface area (Å²) in [5.74, 6) is 6.67. The zero-order chi connectivity index (χ0) is 25.0. The molecule has 0 saturated carbocycles. The highest BCUT2D eigenvalue weighted by atomic mass is 19.1. The Labute approximate surface area is 204 Å². The van der Waals surface area contributed by atoms with E-state index in [-0.39, 0.29) is 12.4 Å². The highest BCUT2D eigenvalue weighted by Gasteiger charge is 2.20. The van der Waals surface area contributed by atoms with Gasteiger partial charge >= 0.3 is 0 Å². The lowest BCUT2D eigenvalue weighted by Gasteiger charge is -2.26. The van der Waals surface area contributed by atoms with E-state index in [9.17, 15) is 4.39 Å². The molecule has 0 atom stereocenters. The molecule has 0 unspecified atom stereocenters. The van der Waals surface area contributed by atoms with Crippen LogP contribution in [0.2, 0.25) is 0 Å². The number of nitrogens with zero attached hydrogens (tertiary/aromatic N) is 1. The maximum atomic E-state index is 13.8. The van der Waals surface area contributed by atoms with Crippen molar-refractivity contribution >= 4 is 0 Å². The monoisotopic (exact) mass is 467 g/mol. The van der Waals surface area contributed by atoms with E-state index in [1.54, 1.807) is 19.2 Å². The van der Waals surface area contributed by atoms with Crippen molar-refractivity contribution in [1.82, 2.24) is 4.90 Å². The van der Waals surface area contributed by atoms with Crippen LogP contribution in [0.3, 0.4) is 0 Å². The number of methoxy groups -OCH3 is 1. The molecule has 0 radical (unpaired) electrons. The van der Waals surface area contributed by atoms with Crippen LogP contribution in [0.4, 0.5) is 4.39 Å². The summed E-state index contributed by atoms with van der Waals surface area (Å²) in [6.45, 7) is 13.0. The first kappa shape index (κ1) is 27.6. The van der Waals surface area contributed by atoms with Crippen molar-refractivity contribution in [3.05, 3.63) is 77.6 Å². The summed E-state index contributed by atoms with van der Waals surface area (Å²) in [6.07, 6.45) is 3.95. The van der Waals surface area contributed by atoms with Gasteiger partial charge in [-0.3, -0.25) is 4.90 Å². The summed E-state index contributed by atoms with van der Waals surface area (Å²) >= 11 is 0. The van der Waals surface area contributed by atoms with Crippen LogP contribution in [0.25, 0.3) is 0 Å². The van der Waals surface area contributed by atoms with Gasteiger partial charge in [0.2, 0.25) is 0 Å². The van der Waals surface area contributed by atoms with Gasteiger partial charge in [0.1, 0.15) is 23.8 Å². The molecule has 0 fully saturated rings. The summed E-state index contributed by atoms with van der Waals surface area (Å²) in [5.41, 5.74) is 0.716. The topological polar surface area (TPSA) is 30.9 Å². The third kappa shape index (κ3) is 10.1. The SMILES string of the molecule is CCN(C/C=C/C#CC(C)(C)OC)Cc1cccc(OCC(C)(C)OCc2ccccc2F)c1. The maximum absolute atomic E-state index is 13.8. The quantitative estimate of drug-likeness (QED) is 0.358. The van der Waals surface area contributed by atoms with Crippen LogP contribution in [0.5, 0.6) is 5.75 Å². The fourth-order valence-electron chi connectivity index (χ4n) is 3.01. The first-order chi connectivity index (χ1) is 16.1. The molecule has 2 aromatic rings. The molecule has 0 aliphatic carbocycles. The van der Waals surface area contributed by atoms with E-state index in [1.165, 1.54) is 11.6 Å². The first-order valence-electron chi connectivity index (χ1n) is 11.7. The molecule has 0 N–H and O–H groups in total. The minimum Gasteiger partial charge on any atom is -0.491 e. The van der Waals surface area contributed by atoms with Crippen molar-refractivity contribution in [3.8, 4) is 17.6 Å². The van der Waals surface area contributed by atoms with Gasteiger partial charge in [0.25, 0.3) is 0 Å². The molecule has 0 spiro atoms. The van der Waals surface area contributed by atoms with Gasteiger partial charge in [-0.25, -0.2) is 4.39 Å². The van der Waals surface area contributed by atoms with Gasteiger partial charge in [-0.05, 0) is 64.1 Å². The largest absolute Gasteiger partial charge is 0.491 e. The van der Waals surface area contributed by atoms with Crippen LogP contribution < -0.4 is 4.74 Å².